The molecule has 1 fully saturated rings. The second-order valence-electron chi connectivity index (χ2n) is 5.83. The predicted octanol–water partition coefficient (Wildman–Crippen LogP) is 3.37. The predicted molar refractivity (Wildman–Crippen MR) is 105 cm³/mol. The number of benzene rings is 2. The van der Waals surface area contributed by atoms with Crippen LogP contribution in [0.1, 0.15) is 5.56 Å². The SMILES string of the molecule is COc1ccc(Br)cc1N=C[C@@H]1C(=O)NC(=O)N(c2ccccc2C)C1=O. The molecule has 0 bridgehead atoms. The number of amides is 4. The van der Waals surface area contributed by atoms with E-state index in [1.54, 1.807) is 49.4 Å². The van der Waals surface area contributed by atoms with Crippen molar-refractivity contribution in [3.8, 4) is 5.75 Å². The fourth-order valence-electron chi connectivity index (χ4n) is 2.68. The van der Waals surface area contributed by atoms with Crippen molar-refractivity contribution < 1.29 is 19.1 Å². The Bertz CT molecular complexity index is 958. The van der Waals surface area contributed by atoms with Gasteiger partial charge in [-0.25, -0.2) is 9.69 Å². The molecule has 4 amide bonds. The molecule has 8 heteroatoms. The quantitative estimate of drug-likeness (QED) is 0.595. The summed E-state index contributed by atoms with van der Waals surface area (Å²) in [5.41, 5.74) is 1.61. The molecule has 0 radical (unpaired) electrons. The monoisotopic (exact) mass is 429 g/mol. The number of carbonyl (C=O) groups is 3. The lowest BCUT2D eigenvalue weighted by Crippen LogP contribution is -2.58. The van der Waals surface area contributed by atoms with Crippen LogP contribution in [0.3, 0.4) is 0 Å². The van der Waals surface area contributed by atoms with Crippen LogP contribution in [0.2, 0.25) is 0 Å². The minimum Gasteiger partial charge on any atom is -0.494 e. The molecule has 1 N–H and O–H groups in total. The van der Waals surface area contributed by atoms with Crippen LogP contribution in [-0.4, -0.2) is 31.2 Å². The van der Waals surface area contributed by atoms with E-state index in [2.05, 4.69) is 26.2 Å². The van der Waals surface area contributed by atoms with E-state index < -0.39 is 23.8 Å². The molecule has 1 heterocycles. The summed E-state index contributed by atoms with van der Waals surface area (Å²) >= 11 is 3.34. The fourth-order valence-corrected chi connectivity index (χ4v) is 3.03. The maximum absolute atomic E-state index is 12.9. The van der Waals surface area contributed by atoms with Gasteiger partial charge in [-0.05, 0) is 36.8 Å². The number of nitrogens with one attached hydrogen (secondary N) is 1. The molecule has 0 spiro atoms. The summed E-state index contributed by atoms with van der Waals surface area (Å²) in [5, 5.41) is 2.21. The van der Waals surface area contributed by atoms with E-state index >= 15 is 0 Å². The number of nitrogens with zero attached hydrogens (tertiary/aromatic N) is 2. The first-order valence-electron chi connectivity index (χ1n) is 8.04. The lowest BCUT2D eigenvalue weighted by Gasteiger charge is -2.29. The fraction of sp³-hybridized carbons (Fsp3) is 0.158. The number of hydrogen-bond donors (Lipinski definition) is 1. The van der Waals surface area contributed by atoms with Crippen molar-refractivity contribution in [1.82, 2.24) is 5.32 Å². The molecule has 0 saturated carbocycles. The summed E-state index contributed by atoms with van der Waals surface area (Å²) in [6, 6.07) is 11.4. The number of aryl methyl sites for hydroxylation is 1. The Labute approximate surface area is 164 Å². The molecule has 0 aromatic heterocycles. The van der Waals surface area contributed by atoms with Crippen LogP contribution in [0.25, 0.3) is 0 Å². The highest BCUT2D eigenvalue weighted by Crippen LogP contribution is 2.31. The van der Waals surface area contributed by atoms with E-state index in [1.807, 2.05) is 0 Å². The number of rotatable bonds is 4. The molecule has 1 saturated heterocycles. The van der Waals surface area contributed by atoms with E-state index in [0.717, 1.165) is 14.9 Å². The Morgan fingerprint density at radius 3 is 2.63 bits per heavy atom. The summed E-state index contributed by atoms with van der Waals surface area (Å²) in [6.07, 6.45) is 1.22. The third kappa shape index (κ3) is 3.75. The topological polar surface area (TPSA) is 88.1 Å². The number of hydrogen-bond acceptors (Lipinski definition) is 5. The molecular weight excluding hydrogens is 414 g/mol. The summed E-state index contributed by atoms with van der Waals surface area (Å²) in [5.74, 6) is -2.11. The zero-order valence-electron chi connectivity index (χ0n) is 14.6. The number of anilines is 1. The number of aliphatic imine (C=N–C) groups is 1. The Hall–Kier alpha value is -3.00. The second kappa shape index (κ2) is 7.71. The maximum Gasteiger partial charge on any atom is 0.335 e. The first-order chi connectivity index (χ1) is 12.9. The van der Waals surface area contributed by atoms with Crippen molar-refractivity contribution >= 4 is 51.4 Å². The summed E-state index contributed by atoms with van der Waals surface area (Å²) in [4.78, 5) is 42.5. The number of carbonyl (C=O) groups excluding carboxylic acids is 3. The van der Waals surface area contributed by atoms with Gasteiger partial charge in [-0.1, -0.05) is 34.1 Å². The lowest BCUT2D eigenvalue weighted by molar-refractivity contribution is -0.131. The Balaban J connectivity index is 1.95. The summed E-state index contributed by atoms with van der Waals surface area (Å²) < 4.78 is 6.00. The van der Waals surface area contributed by atoms with E-state index in [1.165, 1.54) is 13.3 Å². The number of ether oxygens (including phenoxy) is 1. The highest BCUT2D eigenvalue weighted by atomic mass is 79.9. The van der Waals surface area contributed by atoms with Gasteiger partial charge < -0.3 is 4.74 Å². The van der Waals surface area contributed by atoms with Crippen molar-refractivity contribution in [2.45, 2.75) is 6.92 Å². The molecule has 1 aliphatic rings. The summed E-state index contributed by atoms with van der Waals surface area (Å²) in [6.45, 7) is 1.78. The minimum absolute atomic E-state index is 0.422. The highest BCUT2D eigenvalue weighted by Gasteiger charge is 2.40. The molecule has 2 aromatic rings. The minimum atomic E-state index is -1.23. The first kappa shape index (κ1) is 18.8. The third-order valence-corrected chi connectivity index (χ3v) is 4.56. The standard InChI is InChI=1S/C19H16BrN3O4/c1-11-5-3-4-6-15(11)23-18(25)13(17(24)22-19(23)26)10-21-14-9-12(20)7-8-16(14)27-2/h3-10,13H,1-2H3,(H,22,24,26)/t13-/m1/s1. The van der Waals surface area contributed by atoms with Crippen LogP contribution in [-0.2, 0) is 9.59 Å². The number of barbiturate groups is 1. The number of imide groups is 2. The van der Waals surface area contributed by atoms with Crippen LogP contribution >= 0.6 is 15.9 Å². The number of para-hydroxylation sites is 1. The molecule has 7 nitrogen and oxygen atoms in total. The first-order valence-corrected chi connectivity index (χ1v) is 8.84. The van der Waals surface area contributed by atoms with Crippen molar-refractivity contribution in [3.05, 3.63) is 52.5 Å². The number of urea groups is 1. The van der Waals surface area contributed by atoms with Crippen LogP contribution in [0, 0.1) is 12.8 Å². The zero-order chi connectivity index (χ0) is 19.6. The van der Waals surface area contributed by atoms with Gasteiger partial charge in [-0.2, -0.15) is 0 Å². The maximum atomic E-state index is 12.9. The van der Waals surface area contributed by atoms with Gasteiger partial charge in [0.25, 0.3) is 5.91 Å². The van der Waals surface area contributed by atoms with E-state index in [4.69, 9.17) is 4.74 Å². The van der Waals surface area contributed by atoms with E-state index in [9.17, 15) is 14.4 Å². The van der Waals surface area contributed by atoms with Gasteiger partial charge in [0, 0.05) is 10.7 Å². The largest absolute Gasteiger partial charge is 0.494 e. The number of methoxy groups -OCH3 is 1. The van der Waals surface area contributed by atoms with Crippen LogP contribution < -0.4 is 15.0 Å². The van der Waals surface area contributed by atoms with Gasteiger partial charge in [-0.3, -0.25) is 19.9 Å². The van der Waals surface area contributed by atoms with Gasteiger partial charge in [-0.15, -0.1) is 0 Å². The number of halogens is 1. The molecule has 0 unspecified atom stereocenters. The van der Waals surface area contributed by atoms with E-state index in [-0.39, 0.29) is 0 Å². The average molecular weight is 430 g/mol. The second-order valence-corrected chi connectivity index (χ2v) is 6.74. The summed E-state index contributed by atoms with van der Waals surface area (Å²) in [7, 11) is 1.50. The van der Waals surface area contributed by atoms with Gasteiger partial charge >= 0.3 is 6.03 Å². The molecule has 2 aromatic carbocycles. The van der Waals surface area contributed by atoms with Gasteiger partial charge in [0.2, 0.25) is 5.91 Å². The van der Waals surface area contributed by atoms with Crippen molar-refractivity contribution in [1.29, 1.82) is 0 Å². The molecule has 0 aliphatic carbocycles. The smallest absolute Gasteiger partial charge is 0.335 e. The molecule has 27 heavy (non-hydrogen) atoms. The highest BCUT2D eigenvalue weighted by molar-refractivity contribution is 9.10. The molecular formula is C19H16BrN3O4. The van der Waals surface area contributed by atoms with Gasteiger partial charge in [0.1, 0.15) is 11.4 Å². The van der Waals surface area contributed by atoms with Crippen LogP contribution in [0.4, 0.5) is 16.2 Å². The lowest BCUT2D eigenvalue weighted by atomic mass is 10.0. The third-order valence-electron chi connectivity index (χ3n) is 4.06. The van der Waals surface area contributed by atoms with Crippen molar-refractivity contribution in [3.63, 3.8) is 0 Å². The Kier molecular flexibility index (Phi) is 5.36. The van der Waals surface area contributed by atoms with Crippen molar-refractivity contribution in [2.24, 2.45) is 10.9 Å². The van der Waals surface area contributed by atoms with Crippen molar-refractivity contribution in [2.75, 3.05) is 12.0 Å². The molecule has 1 atom stereocenters. The van der Waals surface area contributed by atoms with E-state index in [0.29, 0.717) is 17.1 Å². The Morgan fingerprint density at radius 2 is 1.93 bits per heavy atom. The van der Waals surface area contributed by atoms with Gasteiger partial charge in [0.15, 0.2) is 5.92 Å². The normalized spacial score (nSPS) is 17.4. The average Bonchev–Trinajstić information content (AvgIpc) is 2.63. The van der Waals surface area contributed by atoms with Crippen LogP contribution in [0.5, 0.6) is 5.75 Å². The van der Waals surface area contributed by atoms with Crippen LogP contribution in [0.15, 0.2) is 51.9 Å². The molecule has 3 rings (SSSR count). The van der Waals surface area contributed by atoms with Gasteiger partial charge in [0.05, 0.1) is 12.8 Å². The Morgan fingerprint density at radius 1 is 1.19 bits per heavy atom. The molecule has 138 valence electrons. The molecule has 1 aliphatic heterocycles. The zero-order valence-corrected chi connectivity index (χ0v) is 16.2.